The van der Waals surface area contributed by atoms with Gasteiger partial charge in [-0.05, 0) is 17.7 Å². The summed E-state index contributed by atoms with van der Waals surface area (Å²) in [4.78, 5) is 26.9. The molecule has 0 radical (unpaired) electrons. The first kappa shape index (κ1) is 15.3. The van der Waals surface area contributed by atoms with Gasteiger partial charge in [0.1, 0.15) is 0 Å². The lowest BCUT2D eigenvalue weighted by molar-refractivity contribution is -0.130. The second-order valence-electron chi connectivity index (χ2n) is 5.13. The number of hydrogen-bond donors (Lipinski definition) is 1. The number of carbonyl (C=O) groups excluding carboxylic acids is 2. The summed E-state index contributed by atoms with van der Waals surface area (Å²) >= 11 is 0. The maximum absolute atomic E-state index is 11.5. The van der Waals surface area contributed by atoms with Gasteiger partial charge in [-0.25, -0.2) is 0 Å². The topological polar surface area (TPSA) is 52.7 Å². The van der Waals surface area contributed by atoms with Crippen molar-refractivity contribution in [2.24, 2.45) is 0 Å². The average molecular weight is 287 g/mol. The Bertz CT molecular complexity index is 534. The molecule has 0 bridgehead atoms. The molecule has 1 aromatic rings. The van der Waals surface area contributed by atoms with Crippen LogP contribution in [0.2, 0.25) is 0 Å². The fraction of sp³-hybridized carbons (Fsp3) is 0.375. The van der Waals surface area contributed by atoms with E-state index < -0.39 is 0 Å². The van der Waals surface area contributed by atoms with Crippen molar-refractivity contribution >= 4 is 17.5 Å². The van der Waals surface area contributed by atoms with E-state index in [1.54, 1.807) is 6.92 Å². The molecule has 5 heteroatoms. The molecule has 2 amide bonds. The standard InChI is InChI=1S/C16H21N3O2/c1-3-16(21)17-15-7-5-4-6-14(15)12-18-8-10-19(11-9-18)13(2)20/h3-7H,1,8-12H2,2H3,(H,17,21). The fourth-order valence-corrected chi connectivity index (χ4v) is 2.43. The predicted molar refractivity (Wildman–Crippen MR) is 82.8 cm³/mol. The zero-order chi connectivity index (χ0) is 15.2. The van der Waals surface area contributed by atoms with Crippen LogP contribution in [0.1, 0.15) is 12.5 Å². The van der Waals surface area contributed by atoms with Crippen LogP contribution >= 0.6 is 0 Å². The van der Waals surface area contributed by atoms with E-state index in [1.165, 1.54) is 6.08 Å². The van der Waals surface area contributed by atoms with Gasteiger partial charge in [0, 0.05) is 45.3 Å². The van der Waals surface area contributed by atoms with E-state index in [0.29, 0.717) is 0 Å². The largest absolute Gasteiger partial charge is 0.340 e. The van der Waals surface area contributed by atoms with Crippen molar-refractivity contribution in [2.75, 3.05) is 31.5 Å². The second kappa shape index (κ2) is 7.04. The van der Waals surface area contributed by atoms with Crippen molar-refractivity contribution in [3.63, 3.8) is 0 Å². The number of para-hydroxylation sites is 1. The minimum Gasteiger partial charge on any atom is -0.340 e. The zero-order valence-electron chi connectivity index (χ0n) is 12.3. The summed E-state index contributed by atoms with van der Waals surface area (Å²) in [7, 11) is 0. The molecule has 0 atom stereocenters. The number of anilines is 1. The lowest BCUT2D eigenvalue weighted by atomic mass is 10.1. The van der Waals surface area contributed by atoms with Gasteiger partial charge in [-0.3, -0.25) is 14.5 Å². The molecule has 0 aliphatic carbocycles. The molecule has 0 saturated carbocycles. The molecule has 21 heavy (non-hydrogen) atoms. The molecule has 0 unspecified atom stereocenters. The van der Waals surface area contributed by atoms with Gasteiger partial charge in [0.05, 0.1) is 0 Å². The first-order chi connectivity index (χ1) is 10.1. The first-order valence-electron chi connectivity index (χ1n) is 7.09. The lowest BCUT2D eigenvalue weighted by Crippen LogP contribution is -2.47. The van der Waals surface area contributed by atoms with Crippen molar-refractivity contribution in [3.8, 4) is 0 Å². The van der Waals surface area contributed by atoms with Crippen molar-refractivity contribution in [1.82, 2.24) is 9.80 Å². The molecule has 1 N–H and O–H groups in total. The molecule has 1 heterocycles. The van der Waals surface area contributed by atoms with Crippen LogP contribution in [0.15, 0.2) is 36.9 Å². The molecule has 1 saturated heterocycles. The quantitative estimate of drug-likeness (QED) is 0.853. The monoisotopic (exact) mass is 287 g/mol. The van der Waals surface area contributed by atoms with Gasteiger partial charge < -0.3 is 10.2 Å². The highest BCUT2D eigenvalue weighted by molar-refractivity contribution is 5.99. The third kappa shape index (κ3) is 4.16. The smallest absolute Gasteiger partial charge is 0.247 e. The summed E-state index contributed by atoms with van der Waals surface area (Å²) in [5, 5.41) is 2.83. The summed E-state index contributed by atoms with van der Waals surface area (Å²) in [6.07, 6.45) is 1.27. The zero-order valence-corrected chi connectivity index (χ0v) is 12.3. The van der Waals surface area contributed by atoms with E-state index in [0.717, 1.165) is 44.0 Å². The third-order valence-corrected chi connectivity index (χ3v) is 3.67. The number of benzene rings is 1. The molecule has 2 rings (SSSR count). The van der Waals surface area contributed by atoms with E-state index in [9.17, 15) is 9.59 Å². The van der Waals surface area contributed by atoms with Crippen molar-refractivity contribution < 1.29 is 9.59 Å². The van der Waals surface area contributed by atoms with E-state index >= 15 is 0 Å². The Kier molecular flexibility index (Phi) is 5.11. The molecular formula is C16H21N3O2. The van der Waals surface area contributed by atoms with Crippen LogP contribution in [0, 0.1) is 0 Å². The van der Waals surface area contributed by atoms with E-state index in [2.05, 4.69) is 16.8 Å². The van der Waals surface area contributed by atoms with Crippen LogP contribution in [0.25, 0.3) is 0 Å². The normalized spacial score (nSPS) is 15.6. The highest BCUT2D eigenvalue weighted by Crippen LogP contribution is 2.18. The minimum absolute atomic E-state index is 0.133. The van der Waals surface area contributed by atoms with Gasteiger partial charge in [0.25, 0.3) is 0 Å². The Hall–Kier alpha value is -2.14. The Morgan fingerprint density at radius 2 is 1.90 bits per heavy atom. The van der Waals surface area contributed by atoms with Crippen molar-refractivity contribution in [2.45, 2.75) is 13.5 Å². The molecule has 1 aromatic carbocycles. The van der Waals surface area contributed by atoms with Crippen LogP contribution < -0.4 is 5.32 Å². The van der Waals surface area contributed by atoms with Gasteiger partial charge in [-0.1, -0.05) is 24.8 Å². The number of hydrogen-bond acceptors (Lipinski definition) is 3. The van der Waals surface area contributed by atoms with Crippen LogP contribution in [0.4, 0.5) is 5.69 Å². The molecular weight excluding hydrogens is 266 g/mol. The molecule has 0 aromatic heterocycles. The molecule has 1 aliphatic rings. The van der Waals surface area contributed by atoms with Crippen molar-refractivity contribution in [3.05, 3.63) is 42.5 Å². The maximum atomic E-state index is 11.5. The van der Waals surface area contributed by atoms with Gasteiger partial charge in [-0.2, -0.15) is 0 Å². The summed E-state index contributed by atoms with van der Waals surface area (Å²) in [6, 6.07) is 7.76. The predicted octanol–water partition coefficient (Wildman–Crippen LogP) is 1.48. The van der Waals surface area contributed by atoms with Crippen LogP contribution in [0.5, 0.6) is 0 Å². The molecule has 112 valence electrons. The second-order valence-corrected chi connectivity index (χ2v) is 5.13. The van der Waals surface area contributed by atoms with Crippen LogP contribution in [-0.2, 0) is 16.1 Å². The number of nitrogens with one attached hydrogen (secondary N) is 1. The van der Waals surface area contributed by atoms with E-state index in [-0.39, 0.29) is 11.8 Å². The summed E-state index contributed by atoms with van der Waals surface area (Å²) in [5.74, 6) is -0.0721. The number of nitrogens with zero attached hydrogens (tertiary/aromatic N) is 2. The van der Waals surface area contributed by atoms with Gasteiger partial charge in [0.15, 0.2) is 0 Å². The number of amides is 2. The molecule has 1 aliphatic heterocycles. The van der Waals surface area contributed by atoms with Crippen LogP contribution in [-0.4, -0.2) is 47.8 Å². The lowest BCUT2D eigenvalue weighted by Gasteiger charge is -2.34. The number of piperazine rings is 1. The summed E-state index contributed by atoms with van der Waals surface area (Å²) < 4.78 is 0. The van der Waals surface area contributed by atoms with Gasteiger partial charge in [0.2, 0.25) is 11.8 Å². The highest BCUT2D eigenvalue weighted by atomic mass is 16.2. The fourth-order valence-electron chi connectivity index (χ4n) is 2.43. The maximum Gasteiger partial charge on any atom is 0.247 e. The average Bonchev–Trinajstić information content (AvgIpc) is 2.49. The summed E-state index contributed by atoms with van der Waals surface area (Å²) in [5.41, 5.74) is 1.89. The summed E-state index contributed by atoms with van der Waals surface area (Å²) in [6.45, 7) is 9.06. The Morgan fingerprint density at radius 3 is 2.52 bits per heavy atom. The Balaban J connectivity index is 1.99. The van der Waals surface area contributed by atoms with Gasteiger partial charge >= 0.3 is 0 Å². The third-order valence-electron chi connectivity index (χ3n) is 3.67. The number of carbonyl (C=O) groups is 2. The first-order valence-corrected chi connectivity index (χ1v) is 7.09. The SMILES string of the molecule is C=CC(=O)Nc1ccccc1CN1CCN(C(C)=O)CC1. The van der Waals surface area contributed by atoms with Crippen molar-refractivity contribution in [1.29, 1.82) is 0 Å². The Labute approximate surface area is 125 Å². The Morgan fingerprint density at radius 1 is 1.24 bits per heavy atom. The molecule has 5 nitrogen and oxygen atoms in total. The molecule has 0 spiro atoms. The molecule has 1 fully saturated rings. The van der Waals surface area contributed by atoms with Crippen LogP contribution in [0.3, 0.4) is 0 Å². The van der Waals surface area contributed by atoms with E-state index in [4.69, 9.17) is 0 Å². The highest BCUT2D eigenvalue weighted by Gasteiger charge is 2.19. The minimum atomic E-state index is -0.205. The van der Waals surface area contributed by atoms with E-state index in [1.807, 2.05) is 29.2 Å². The number of rotatable bonds is 4. The van der Waals surface area contributed by atoms with Gasteiger partial charge in [-0.15, -0.1) is 0 Å².